The van der Waals surface area contributed by atoms with Crippen molar-refractivity contribution in [3.05, 3.63) is 11.7 Å². The van der Waals surface area contributed by atoms with E-state index in [9.17, 15) is 4.79 Å². The van der Waals surface area contributed by atoms with Gasteiger partial charge in [0, 0.05) is 43.9 Å². The predicted octanol–water partition coefficient (Wildman–Crippen LogP) is 2.47. The highest BCUT2D eigenvalue weighted by atomic mass is 16.5. The van der Waals surface area contributed by atoms with Crippen molar-refractivity contribution in [3.63, 3.8) is 0 Å². The van der Waals surface area contributed by atoms with Crippen LogP contribution in [0.2, 0.25) is 0 Å². The minimum Gasteiger partial charge on any atom is -0.357 e. The van der Waals surface area contributed by atoms with Crippen LogP contribution in [0.3, 0.4) is 0 Å². The van der Waals surface area contributed by atoms with Crippen LogP contribution in [0.5, 0.6) is 0 Å². The quantitative estimate of drug-likeness (QED) is 0.535. The van der Waals surface area contributed by atoms with Crippen LogP contribution in [0.25, 0.3) is 0 Å². The van der Waals surface area contributed by atoms with Gasteiger partial charge in [0.2, 0.25) is 11.8 Å². The van der Waals surface area contributed by atoms with Crippen LogP contribution in [-0.4, -0.2) is 59.1 Å². The molecule has 1 aromatic heterocycles. The maximum Gasteiger partial charge on any atom is 0.228 e. The molecule has 2 N–H and O–H groups in total. The van der Waals surface area contributed by atoms with E-state index in [4.69, 9.17) is 4.52 Å². The van der Waals surface area contributed by atoms with Gasteiger partial charge in [0.15, 0.2) is 11.8 Å². The zero-order valence-electron chi connectivity index (χ0n) is 18.1. The van der Waals surface area contributed by atoms with Gasteiger partial charge in [-0.1, -0.05) is 38.3 Å². The molecule has 2 aliphatic rings. The second-order valence-corrected chi connectivity index (χ2v) is 8.46. The number of nitrogens with zero attached hydrogens (tertiary/aromatic N) is 4. The van der Waals surface area contributed by atoms with Crippen LogP contribution in [0.4, 0.5) is 0 Å². The summed E-state index contributed by atoms with van der Waals surface area (Å²) in [5.41, 5.74) is 0. The molecule has 1 saturated carbocycles. The second-order valence-electron chi connectivity index (χ2n) is 8.46. The molecule has 1 aliphatic heterocycles. The van der Waals surface area contributed by atoms with Gasteiger partial charge in [-0.05, 0) is 26.2 Å². The minimum atomic E-state index is 0.245. The lowest BCUT2D eigenvalue weighted by Crippen LogP contribution is -2.45. The van der Waals surface area contributed by atoms with E-state index in [1.165, 1.54) is 19.3 Å². The summed E-state index contributed by atoms with van der Waals surface area (Å²) in [6.07, 6.45) is 7.37. The number of likely N-dealkylation sites (tertiary alicyclic amines) is 1. The first-order valence-corrected chi connectivity index (χ1v) is 11.2. The standard InChI is InChI=1S/C21H36N6O2/c1-4-22-21(23-12-10-18-25-19(15(2)3)26-29-18)24-17-11-13-27(14-17)20(28)16-8-6-5-7-9-16/h15-17H,4-14H2,1-3H3,(H2,22,23,24). The molecule has 3 rings (SSSR count). The second kappa shape index (κ2) is 10.6. The first kappa shape index (κ1) is 21.6. The lowest BCUT2D eigenvalue weighted by Gasteiger charge is -2.26. The minimum absolute atomic E-state index is 0.245. The molecule has 0 aromatic carbocycles. The Labute approximate surface area is 173 Å². The molecule has 162 valence electrons. The van der Waals surface area contributed by atoms with Crippen LogP contribution in [0, 0.1) is 5.92 Å². The summed E-state index contributed by atoms with van der Waals surface area (Å²) in [7, 11) is 0. The van der Waals surface area contributed by atoms with Gasteiger partial charge in [0.05, 0.1) is 6.54 Å². The fourth-order valence-corrected chi connectivity index (χ4v) is 4.07. The number of carbonyl (C=O) groups is 1. The van der Waals surface area contributed by atoms with Crippen molar-refractivity contribution >= 4 is 11.9 Å². The smallest absolute Gasteiger partial charge is 0.228 e. The zero-order valence-corrected chi connectivity index (χ0v) is 18.1. The molecule has 29 heavy (non-hydrogen) atoms. The number of aliphatic imine (C=N–C) groups is 1. The maximum atomic E-state index is 12.8. The Morgan fingerprint density at radius 2 is 2.07 bits per heavy atom. The summed E-state index contributed by atoms with van der Waals surface area (Å²) in [5.74, 6) is 3.01. The van der Waals surface area contributed by atoms with Crippen molar-refractivity contribution in [2.45, 2.75) is 77.7 Å². The van der Waals surface area contributed by atoms with Gasteiger partial charge < -0.3 is 20.1 Å². The molecule has 1 unspecified atom stereocenters. The summed E-state index contributed by atoms with van der Waals surface area (Å²) in [5, 5.41) is 10.8. The number of hydrogen-bond donors (Lipinski definition) is 2. The third-order valence-corrected chi connectivity index (χ3v) is 5.74. The molecule has 2 heterocycles. The Balaban J connectivity index is 1.47. The van der Waals surface area contributed by atoms with Gasteiger partial charge in [0.1, 0.15) is 0 Å². The molecule has 0 bridgehead atoms. The monoisotopic (exact) mass is 404 g/mol. The first-order chi connectivity index (χ1) is 14.1. The maximum absolute atomic E-state index is 12.8. The van der Waals surface area contributed by atoms with Crippen molar-refractivity contribution in [2.75, 3.05) is 26.2 Å². The molecule has 1 saturated heterocycles. The molecule has 1 atom stereocenters. The van der Waals surface area contributed by atoms with Crippen LogP contribution >= 0.6 is 0 Å². The Kier molecular flexibility index (Phi) is 7.89. The van der Waals surface area contributed by atoms with Gasteiger partial charge in [-0.2, -0.15) is 4.98 Å². The summed E-state index contributed by atoms with van der Waals surface area (Å²) >= 11 is 0. The van der Waals surface area contributed by atoms with Crippen LogP contribution in [-0.2, 0) is 11.2 Å². The van der Waals surface area contributed by atoms with E-state index in [2.05, 4.69) is 32.7 Å². The fourth-order valence-electron chi connectivity index (χ4n) is 4.07. The number of nitrogens with one attached hydrogen (secondary N) is 2. The molecular weight excluding hydrogens is 368 g/mol. The van der Waals surface area contributed by atoms with Crippen molar-refractivity contribution < 1.29 is 9.32 Å². The topological polar surface area (TPSA) is 95.7 Å². The van der Waals surface area contributed by atoms with Gasteiger partial charge >= 0.3 is 0 Å². The van der Waals surface area contributed by atoms with E-state index >= 15 is 0 Å². The molecular formula is C21H36N6O2. The Morgan fingerprint density at radius 3 is 2.76 bits per heavy atom. The number of hydrogen-bond acceptors (Lipinski definition) is 5. The van der Waals surface area contributed by atoms with E-state index in [0.717, 1.165) is 50.7 Å². The van der Waals surface area contributed by atoms with Crippen LogP contribution < -0.4 is 10.6 Å². The van der Waals surface area contributed by atoms with Crippen molar-refractivity contribution in [1.29, 1.82) is 0 Å². The summed E-state index contributed by atoms with van der Waals surface area (Å²) in [6, 6.07) is 0.247. The molecule has 0 radical (unpaired) electrons. The van der Waals surface area contributed by atoms with E-state index in [-0.39, 0.29) is 17.9 Å². The number of carbonyl (C=O) groups excluding carboxylic acids is 1. The summed E-state index contributed by atoms with van der Waals surface area (Å²) < 4.78 is 5.28. The van der Waals surface area contributed by atoms with Gasteiger partial charge in [-0.15, -0.1) is 0 Å². The molecule has 8 nitrogen and oxygen atoms in total. The lowest BCUT2D eigenvalue weighted by atomic mass is 9.88. The molecule has 0 spiro atoms. The average molecular weight is 405 g/mol. The molecule has 1 aliphatic carbocycles. The van der Waals surface area contributed by atoms with Crippen LogP contribution in [0.1, 0.15) is 76.9 Å². The average Bonchev–Trinajstić information content (AvgIpc) is 3.38. The Morgan fingerprint density at radius 1 is 1.28 bits per heavy atom. The van der Waals surface area contributed by atoms with Crippen LogP contribution in [0.15, 0.2) is 9.52 Å². The first-order valence-electron chi connectivity index (χ1n) is 11.2. The third-order valence-electron chi connectivity index (χ3n) is 5.74. The van der Waals surface area contributed by atoms with Gasteiger partial charge in [-0.25, -0.2) is 0 Å². The highest BCUT2D eigenvalue weighted by molar-refractivity contribution is 5.81. The largest absolute Gasteiger partial charge is 0.357 e. The lowest BCUT2D eigenvalue weighted by molar-refractivity contribution is -0.135. The fraction of sp³-hybridized carbons (Fsp3) is 0.810. The van der Waals surface area contributed by atoms with E-state index < -0.39 is 0 Å². The Hall–Kier alpha value is -2.12. The number of rotatable bonds is 7. The van der Waals surface area contributed by atoms with E-state index in [1.54, 1.807) is 0 Å². The van der Waals surface area contributed by atoms with Gasteiger partial charge in [-0.3, -0.25) is 9.79 Å². The number of amides is 1. The summed E-state index contributed by atoms with van der Waals surface area (Å²) in [6.45, 7) is 9.12. The third kappa shape index (κ3) is 6.18. The SMILES string of the molecule is CCNC(=NCCc1nc(C(C)C)no1)NC1CCN(C(=O)C2CCCCC2)C1. The molecule has 2 fully saturated rings. The molecule has 1 amide bonds. The summed E-state index contributed by atoms with van der Waals surface area (Å²) in [4.78, 5) is 23.9. The number of guanidine groups is 1. The predicted molar refractivity (Wildman–Crippen MR) is 113 cm³/mol. The zero-order chi connectivity index (χ0) is 20.6. The highest BCUT2D eigenvalue weighted by Gasteiger charge is 2.31. The Bertz CT molecular complexity index is 680. The highest BCUT2D eigenvalue weighted by Crippen LogP contribution is 2.26. The van der Waals surface area contributed by atoms with Gasteiger partial charge in [0.25, 0.3) is 0 Å². The van der Waals surface area contributed by atoms with E-state index in [0.29, 0.717) is 24.8 Å². The molecule has 1 aromatic rings. The van der Waals surface area contributed by atoms with Crippen molar-refractivity contribution in [1.82, 2.24) is 25.7 Å². The van der Waals surface area contributed by atoms with E-state index in [1.807, 2.05) is 18.7 Å². The number of aromatic nitrogens is 2. The van der Waals surface area contributed by atoms with Crippen molar-refractivity contribution in [2.24, 2.45) is 10.9 Å². The normalized spacial score (nSPS) is 21.0. The van der Waals surface area contributed by atoms with Crippen molar-refractivity contribution in [3.8, 4) is 0 Å². The molecule has 8 heteroatoms.